The Kier molecular flexibility index (Phi) is 4.18. The van der Waals surface area contributed by atoms with E-state index in [9.17, 15) is 0 Å². The minimum Gasteiger partial charge on any atom is -0.321 e. The van der Waals surface area contributed by atoms with Crippen molar-refractivity contribution in [1.82, 2.24) is 0 Å². The van der Waals surface area contributed by atoms with E-state index < -0.39 is 0 Å². The van der Waals surface area contributed by atoms with Crippen LogP contribution in [0, 0.1) is 0 Å². The van der Waals surface area contributed by atoms with Crippen LogP contribution in [0.3, 0.4) is 0 Å². The van der Waals surface area contributed by atoms with Crippen molar-refractivity contribution in [2.75, 3.05) is 11.5 Å². The summed E-state index contributed by atoms with van der Waals surface area (Å²) in [6.07, 6.45) is 8.96. The summed E-state index contributed by atoms with van der Waals surface area (Å²) < 4.78 is 0. The fourth-order valence-electron chi connectivity index (χ4n) is 3.77. The highest BCUT2D eigenvalue weighted by Crippen LogP contribution is 2.41. The highest BCUT2D eigenvalue weighted by atomic mass is 32.2. The lowest BCUT2D eigenvalue weighted by molar-refractivity contribution is 0.299. The molecule has 0 spiro atoms. The summed E-state index contributed by atoms with van der Waals surface area (Å²) in [5.74, 6) is 3.38. The first-order chi connectivity index (χ1) is 9.30. The zero-order valence-corrected chi connectivity index (χ0v) is 12.6. The quantitative estimate of drug-likeness (QED) is 0.865. The molecule has 0 atom stereocenters. The molecule has 1 aliphatic heterocycles. The van der Waals surface area contributed by atoms with Gasteiger partial charge in [0.1, 0.15) is 0 Å². The summed E-state index contributed by atoms with van der Waals surface area (Å²) in [6, 6.07) is 9.04. The van der Waals surface area contributed by atoms with E-state index in [1.807, 2.05) is 0 Å². The van der Waals surface area contributed by atoms with Gasteiger partial charge in [-0.2, -0.15) is 11.8 Å². The molecule has 0 unspecified atom stereocenters. The molecule has 2 N–H and O–H groups in total. The average molecular weight is 275 g/mol. The number of rotatable bonds is 2. The van der Waals surface area contributed by atoms with Crippen molar-refractivity contribution >= 4 is 11.8 Å². The van der Waals surface area contributed by atoms with E-state index in [-0.39, 0.29) is 5.54 Å². The van der Waals surface area contributed by atoms with E-state index in [1.165, 1.54) is 62.0 Å². The molecule has 0 aromatic heterocycles. The SMILES string of the molecule is NC1(c2ccccc2C2CCSCC2)CCCCC1. The highest BCUT2D eigenvalue weighted by Gasteiger charge is 2.33. The van der Waals surface area contributed by atoms with Crippen molar-refractivity contribution in [3.8, 4) is 0 Å². The molecule has 1 saturated carbocycles. The molecule has 1 nitrogen and oxygen atoms in total. The maximum atomic E-state index is 6.78. The summed E-state index contributed by atoms with van der Waals surface area (Å²) in [6.45, 7) is 0. The number of benzene rings is 1. The Bertz CT molecular complexity index is 417. The molecule has 0 radical (unpaired) electrons. The van der Waals surface area contributed by atoms with Crippen LogP contribution < -0.4 is 5.73 Å². The molecule has 0 amide bonds. The molecule has 0 bridgehead atoms. The van der Waals surface area contributed by atoms with Gasteiger partial charge >= 0.3 is 0 Å². The van der Waals surface area contributed by atoms with Gasteiger partial charge in [0.2, 0.25) is 0 Å². The van der Waals surface area contributed by atoms with Crippen LogP contribution in [0.4, 0.5) is 0 Å². The van der Waals surface area contributed by atoms with Gasteiger partial charge in [-0.1, -0.05) is 43.5 Å². The molecule has 2 aliphatic rings. The van der Waals surface area contributed by atoms with Crippen molar-refractivity contribution in [3.63, 3.8) is 0 Å². The van der Waals surface area contributed by atoms with Gasteiger partial charge in [0.05, 0.1) is 0 Å². The number of hydrogen-bond donors (Lipinski definition) is 1. The molecular weight excluding hydrogens is 250 g/mol. The first-order valence-electron chi connectivity index (χ1n) is 7.76. The summed E-state index contributed by atoms with van der Waals surface area (Å²) >= 11 is 2.10. The molecule has 1 heterocycles. The largest absolute Gasteiger partial charge is 0.321 e. The van der Waals surface area contributed by atoms with Gasteiger partial charge in [-0.25, -0.2) is 0 Å². The number of thioether (sulfide) groups is 1. The fraction of sp³-hybridized carbons (Fsp3) is 0.647. The third-order valence-corrected chi connectivity index (χ3v) is 5.95. The van der Waals surface area contributed by atoms with Gasteiger partial charge < -0.3 is 5.73 Å². The smallest absolute Gasteiger partial charge is 0.0412 e. The average Bonchev–Trinajstić information content (AvgIpc) is 2.49. The van der Waals surface area contributed by atoms with Gasteiger partial charge in [0.25, 0.3) is 0 Å². The molecule has 1 saturated heterocycles. The lowest BCUT2D eigenvalue weighted by atomic mass is 9.73. The van der Waals surface area contributed by atoms with Gasteiger partial charge in [0.15, 0.2) is 0 Å². The highest BCUT2D eigenvalue weighted by molar-refractivity contribution is 7.99. The Morgan fingerprint density at radius 1 is 1.00 bits per heavy atom. The van der Waals surface area contributed by atoms with Gasteiger partial charge in [-0.3, -0.25) is 0 Å². The van der Waals surface area contributed by atoms with Crippen LogP contribution in [0.2, 0.25) is 0 Å². The summed E-state index contributed by atoms with van der Waals surface area (Å²) in [5, 5.41) is 0. The predicted molar refractivity (Wildman–Crippen MR) is 84.7 cm³/mol. The van der Waals surface area contributed by atoms with Crippen LogP contribution in [0.5, 0.6) is 0 Å². The van der Waals surface area contributed by atoms with E-state index >= 15 is 0 Å². The zero-order valence-electron chi connectivity index (χ0n) is 11.7. The molecule has 2 fully saturated rings. The second-order valence-corrected chi connectivity index (χ2v) is 7.42. The Morgan fingerprint density at radius 3 is 2.42 bits per heavy atom. The zero-order chi connectivity index (χ0) is 13.1. The topological polar surface area (TPSA) is 26.0 Å². The van der Waals surface area contributed by atoms with Crippen LogP contribution in [0.15, 0.2) is 24.3 Å². The lowest BCUT2D eigenvalue weighted by Crippen LogP contribution is -2.39. The third kappa shape index (κ3) is 2.85. The molecular formula is C17H25NS. The Labute approximate surface area is 121 Å². The first kappa shape index (κ1) is 13.5. The molecule has 1 aromatic rings. The minimum absolute atomic E-state index is 0.0422. The van der Waals surface area contributed by atoms with Crippen LogP contribution >= 0.6 is 11.8 Å². The Hall–Kier alpha value is -0.470. The molecule has 2 heteroatoms. The monoisotopic (exact) mass is 275 g/mol. The standard InChI is InChI=1S/C17H25NS/c18-17(10-4-1-5-11-17)16-7-3-2-6-15(16)14-8-12-19-13-9-14/h2-3,6-7,14H,1,4-5,8-13,18H2. The second kappa shape index (κ2) is 5.88. The van der Waals surface area contributed by atoms with Crippen molar-refractivity contribution in [3.05, 3.63) is 35.4 Å². The van der Waals surface area contributed by atoms with Crippen LogP contribution in [-0.4, -0.2) is 11.5 Å². The normalized spacial score (nSPS) is 24.3. The molecule has 1 aliphatic carbocycles. The maximum Gasteiger partial charge on any atom is 0.0412 e. The third-order valence-electron chi connectivity index (χ3n) is 4.90. The maximum absolute atomic E-state index is 6.78. The van der Waals surface area contributed by atoms with Crippen molar-refractivity contribution < 1.29 is 0 Å². The van der Waals surface area contributed by atoms with Crippen LogP contribution in [-0.2, 0) is 5.54 Å². The number of nitrogens with two attached hydrogens (primary N) is 1. The van der Waals surface area contributed by atoms with E-state index in [2.05, 4.69) is 36.0 Å². The summed E-state index contributed by atoms with van der Waals surface area (Å²) in [4.78, 5) is 0. The second-order valence-electron chi connectivity index (χ2n) is 6.19. The van der Waals surface area contributed by atoms with E-state index in [0.717, 1.165) is 5.92 Å². The number of hydrogen-bond acceptors (Lipinski definition) is 2. The fourth-order valence-corrected chi connectivity index (χ4v) is 4.87. The molecule has 104 valence electrons. The molecule has 3 rings (SSSR count). The predicted octanol–water partition coefficient (Wildman–Crippen LogP) is 4.42. The van der Waals surface area contributed by atoms with Crippen LogP contribution in [0.25, 0.3) is 0 Å². The van der Waals surface area contributed by atoms with E-state index in [4.69, 9.17) is 5.73 Å². The first-order valence-corrected chi connectivity index (χ1v) is 8.91. The van der Waals surface area contributed by atoms with Gasteiger partial charge in [-0.15, -0.1) is 0 Å². The molecule has 1 aromatic carbocycles. The lowest BCUT2D eigenvalue weighted by Gasteiger charge is -2.37. The summed E-state index contributed by atoms with van der Waals surface area (Å²) in [7, 11) is 0. The summed E-state index contributed by atoms with van der Waals surface area (Å²) in [5.41, 5.74) is 9.77. The Balaban J connectivity index is 1.91. The molecule has 19 heavy (non-hydrogen) atoms. The minimum atomic E-state index is -0.0422. The van der Waals surface area contributed by atoms with Crippen molar-refractivity contribution in [1.29, 1.82) is 0 Å². The van der Waals surface area contributed by atoms with E-state index in [0.29, 0.717) is 0 Å². The van der Waals surface area contributed by atoms with Gasteiger partial charge in [0, 0.05) is 5.54 Å². The van der Waals surface area contributed by atoms with Gasteiger partial charge in [-0.05, 0) is 54.2 Å². The van der Waals surface area contributed by atoms with E-state index in [1.54, 1.807) is 5.56 Å². The van der Waals surface area contributed by atoms with Crippen molar-refractivity contribution in [2.45, 2.75) is 56.4 Å². The van der Waals surface area contributed by atoms with Crippen LogP contribution in [0.1, 0.15) is 62.0 Å². The van der Waals surface area contributed by atoms with Crippen molar-refractivity contribution in [2.24, 2.45) is 5.73 Å². The Morgan fingerprint density at radius 2 is 1.68 bits per heavy atom.